The third-order valence-corrected chi connectivity index (χ3v) is 4.54. The van der Waals surface area contributed by atoms with Crippen molar-refractivity contribution >= 4 is 17.5 Å². The van der Waals surface area contributed by atoms with E-state index in [0.29, 0.717) is 13.0 Å². The molecule has 0 fully saturated rings. The monoisotopic (exact) mass is 378 g/mol. The first kappa shape index (κ1) is 20.5. The Kier molecular flexibility index (Phi) is 6.65. The quantitative estimate of drug-likeness (QED) is 0.806. The first-order valence-corrected chi connectivity index (χ1v) is 8.75. The second-order valence-corrected chi connectivity index (χ2v) is 6.33. The van der Waals surface area contributed by atoms with Crippen LogP contribution in [0, 0.1) is 25.5 Å². The lowest BCUT2D eigenvalue weighted by Gasteiger charge is -2.20. The average molecular weight is 378 g/mol. The zero-order chi connectivity index (χ0) is 20.1. The molecule has 0 saturated heterocycles. The molecular weight excluding hydrogens is 354 g/mol. The number of benzene rings is 1. The van der Waals surface area contributed by atoms with Crippen molar-refractivity contribution in [1.29, 1.82) is 0 Å². The van der Waals surface area contributed by atoms with E-state index in [4.69, 9.17) is 0 Å². The van der Waals surface area contributed by atoms with Crippen molar-refractivity contribution < 1.29 is 18.4 Å². The van der Waals surface area contributed by atoms with Gasteiger partial charge < -0.3 is 10.2 Å². The summed E-state index contributed by atoms with van der Waals surface area (Å²) in [6.07, 6.45) is 0.743. The number of halogens is 2. The van der Waals surface area contributed by atoms with Crippen LogP contribution in [0.15, 0.2) is 18.2 Å². The van der Waals surface area contributed by atoms with Crippen molar-refractivity contribution in [2.24, 2.45) is 7.05 Å². The van der Waals surface area contributed by atoms with Crippen LogP contribution in [0.25, 0.3) is 0 Å². The van der Waals surface area contributed by atoms with Gasteiger partial charge in [-0.1, -0.05) is 6.07 Å². The zero-order valence-corrected chi connectivity index (χ0v) is 16.0. The molecule has 146 valence electrons. The number of hydrogen-bond acceptors (Lipinski definition) is 3. The first-order chi connectivity index (χ1) is 12.7. The molecule has 0 radical (unpaired) electrons. The minimum atomic E-state index is -0.861. The molecule has 0 saturated carbocycles. The maximum atomic E-state index is 13.6. The van der Waals surface area contributed by atoms with Crippen molar-refractivity contribution in [2.45, 2.75) is 33.6 Å². The number of carbonyl (C=O) groups is 2. The molecule has 1 heterocycles. The highest BCUT2D eigenvalue weighted by molar-refractivity contribution is 5.94. The van der Waals surface area contributed by atoms with E-state index >= 15 is 0 Å². The molecule has 8 heteroatoms. The van der Waals surface area contributed by atoms with Gasteiger partial charge in [0, 0.05) is 25.7 Å². The van der Waals surface area contributed by atoms with Crippen molar-refractivity contribution in [2.75, 3.05) is 18.4 Å². The number of aryl methyl sites for hydroxylation is 2. The van der Waals surface area contributed by atoms with Crippen LogP contribution >= 0.6 is 0 Å². The summed E-state index contributed by atoms with van der Waals surface area (Å²) in [6.45, 7) is 5.62. The summed E-state index contributed by atoms with van der Waals surface area (Å²) in [4.78, 5) is 26.0. The van der Waals surface area contributed by atoms with Crippen LogP contribution in [0.1, 0.15) is 30.3 Å². The molecule has 27 heavy (non-hydrogen) atoms. The molecule has 6 nitrogen and oxygen atoms in total. The van der Waals surface area contributed by atoms with E-state index < -0.39 is 23.2 Å². The van der Waals surface area contributed by atoms with Crippen LogP contribution in [0.2, 0.25) is 0 Å². The molecule has 2 rings (SSSR count). The molecule has 0 aliphatic heterocycles. The van der Waals surface area contributed by atoms with Gasteiger partial charge in [0.15, 0.2) is 0 Å². The van der Waals surface area contributed by atoms with Crippen LogP contribution in [-0.4, -0.2) is 39.6 Å². The van der Waals surface area contributed by atoms with Gasteiger partial charge in [0.25, 0.3) is 0 Å². The Balaban J connectivity index is 1.97. The van der Waals surface area contributed by atoms with Crippen molar-refractivity contribution in [3.05, 3.63) is 46.8 Å². The van der Waals surface area contributed by atoms with Gasteiger partial charge >= 0.3 is 0 Å². The number of carbonyl (C=O) groups excluding carboxylic acids is 2. The molecule has 2 amide bonds. The fourth-order valence-corrected chi connectivity index (χ4v) is 2.92. The van der Waals surface area contributed by atoms with E-state index in [1.165, 1.54) is 11.0 Å². The highest BCUT2D eigenvalue weighted by atomic mass is 19.1. The molecular formula is C19H24F2N4O2. The Labute approximate surface area is 157 Å². The second-order valence-electron chi connectivity index (χ2n) is 6.33. The molecule has 1 aromatic heterocycles. The average Bonchev–Trinajstić information content (AvgIpc) is 2.86. The molecule has 0 bridgehead atoms. The van der Waals surface area contributed by atoms with Crippen LogP contribution in [-0.2, 0) is 23.1 Å². The SMILES string of the molecule is CCN(CC(=O)Nc1c(F)cccc1F)C(=O)CCc1c(C)nn(C)c1C. The molecule has 2 aromatic rings. The van der Waals surface area contributed by atoms with Crippen LogP contribution < -0.4 is 5.32 Å². The highest BCUT2D eigenvalue weighted by Gasteiger charge is 2.19. The van der Waals surface area contributed by atoms with Gasteiger partial charge in [-0.05, 0) is 44.9 Å². The minimum absolute atomic E-state index is 0.204. The molecule has 0 unspecified atom stereocenters. The number of rotatable bonds is 7. The number of anilines is 1. The van der Waals surface area contributed by atoms with Gasteiger partial charge in [-0.2, -0.15) is 5.10 Å². The summed E-state index contributed by atoms with van der Waals surface area (Å²) in [5, 5.41) is 6.52. The Hall–Kier alpha value is -2.77. The molecule has 0 aliphatic rings. The molecule has 1 N–H and O–H groups in total. The number of amides is 2. The van der Waals surface area contributed by atoms with E-state index in [2.05, 4.69) is 10.4 Å². The van der Waals surface area contributed by atoms with E-state index in [1.54, 1.807) is 11.6 Å². The first-order valence-electron chi connectivity index (χ1n) is 8.75. The maximum Gasteiger partial charge on any atom is 0.244 e. The lowest BCUT2D eigenvalue weighted by molar-refractivity contribution is -0.134. The summed E-state index contributed by atoms with van der Waals surface area (Å²) in [5.41, 5.74) is 2.38. The Bertz CT molecular complexity index is 828. The maximum absolute atomic E-state index is 13.6. The van der Waals surface area contributed by atoms with Gasteiger partial charge in [-0.25, -0.2) is 8.78 Å². The second kappa shape index (κ2) is 8.75. The van der Waals surface area contributed by atoms with Crippen molar-refractivity contribution in [1.82, 2.24) is 14.7 Å². The predicted molar refractivity (Wildman–Crippen MR) is 98.2 cm³/mol. The van der Waals surface area contributed by atoms with Gasteiger partial charge in [-0.3, -0.25) is 14.3 Å². The number of hydrogen-bond donors (Lipinski definition) is 1. The zero-order valence-electron chi connectivity index (χ0n) is 16.0. The Morgan fingerprint density at radius 3 is 2.37 bits per heavy atom. The largest absolute Gasteiger partial charge is 0.334 e. The van der Waals surface area contributed by atoms with Gasteiger partial charge in [0.1, 0.15) is 17.3 Å². The summed E-state index contributed by atoms with van der Waals surface area (Å²) >= 11 is 0. The van der Waals surface area contributed by atoms with Crippen molar-refractivity contribution in [3.63, 3.8) is 0 Å². The topological polar surface area (TPSA) is 67.2 Å². The lowest BCUT2D eigenvalue weighted by Crippen LogP contribution is -2.38. The molecule has 0 spiro atoms. The van der Waals surface area contributed by atoms with E-state index in [1.807, 2.05) is 20.9 Å². The summed E-state index contributed by atoms with van der Waals surface area (Å²) in [5.74, 6) is -2.58. The Morgan fingerprint density at radius 2 is 1.85 bits per heavy atom. The lowest BCUT2D eigenvalue weighted by atomic mass is 10.1. The molecule has 1 aromatic carbocycles. The normalized spacial score (nSPS) is 10.7. The fourth-order valence-electron chi connectivity index (χ4n) is 2.92. The van der Waals surface area contributed by atoms with E-state index in [-0.39, 0.29) is 18.9 Å². The Morgan fingerprint density at radius 1 is 1.22 bits per heavy atom. The number of nitrogens with one attached hydrogen (secondary N) is 1. The highest BCUT2D eigenvalue weighted by Crippen LogP contribution is 2.18. The van der Waals surface area contributed by atoms with Crippen LogP contribution in [0.5, 0.6) is 0 Å². The smallest absolute Gasteiger partial charge is 0.244 e. The van der Waals surface area contributed by atoms with E-state index in [9.17, 15) is 18.4 Å². The summed E-state index contributed by atoms with van der Waals surface area (Å²) < 4.78 is 29.0. The van der Waals surface area contributed by atoms with Crippen LogP contribution in [0.3, 0.4) is 0 Å². The predicted octanol–water partition coefficient (Wildman–Crippen LogP) is 2.73. The summed E-state index contributed by atoms with van der Waals surface area (Å²) in [6, 6.07) is 3.32. The van der Waals surface area contributed by atoms with Crippen LogP contribution in [0.4, 0.5) is 14.5 Å². The summed E-state index contributed by atoms with van der Waals surface area (Å²) in [7, 11) is 1.85. The standard InChI is InChI=1S/C19H24F2N4O2/c1-5-25(11-17(26)22-19-15(20)7-6-8-16(19)21)18(27)10-9-14-12(2)23-24(4)13(14)3/h6-8H,5,9-11H2,1-4H3,(H,22,26). The molecule has 0 aliphatic carbocycles. The number of nitrogens with zero attached hydrogens (tertiary/aromatic N) is 3. The third-order valence-electron chi connectivity index (χ3n) is 4.54. The third kappa shape index (κ3) is 4.90. The fraction of sp³-hybridized carbons (Fsp3) is 0.421. The number of likely N-dealkylation sites (N-methyl/N-ethyl adjacent to an activating group) is 1. The van der Waals surface area contributed by atoms with Gasteiger partial charge in [-0.15, -0.1) is 0 Å². The van der Waals surface area contributed by atoms with Crippen molar-refractivity contribution in [3.8, 4) is 0 Å². The number of aromatic nitrogens is 2. The molecule has 0 atom stereocenters. The van der Waals surface area contributed by atoms with E-state index in [0.717, 1.165) is 29.1 Å². The van der Waals surface area contributed by atoms with Gasteiger partial charge in [0.2, 0.25) is 11.8 Å². The minimum Gasteiger partial charge on any atom is -0.334 e. The number of para-hydroxylation sites is 1. The van der Waals surface area contributed by atoms with Gasteiger partial charge in [0.05, 0.1) is 12.2 Å².